The van der Waals surface area contributed by atoms with Crippen molar-refractivity contribution < 1.29 is 0 Å². The summed E-state index contributed by atoms with van der Waals surface area (Å²) < 4.78 is 0.852. The molecule has 98 valence electrons. The van der Waals surface area contributed by atoms with Gasteiger partial charge in [-0.25, -0.2) is 9.97 Å². The third-order valence-corrected chi connectivity index (χ3v) is 4.74. The lowest BCUT2D eigenvalue weighted by Crippen LogP contribution is -2.57. The van der Waals surface area contributed by atoms with Gasteiger partial charge in [-0.3, -0.25) is 9.80 Å². The molecule has 1 atom stereocenters. The smallest absolute Gasteiger partial charge is 0.149 e. The molecule has 0 radical (unpaired) electrons. The molecular formula is C12H18BrN5. The summed E-state index contributed by atoms with van der Waals surface area (Å²) in [6.45, 7) is 7.69. The highest BCUT2D eigenvalue weighted by Crippen LogP contribution is 2.29. The molecule has 3 fully saturated rings. The molecule has 1 unspecified atom stereocenters. The van der Waals surface area contributed by atoms with E-state index in [2.05, 4.69) is 42.6 Å². The Labute approximate surface area is 116 Å². The third kappa shape index (κ3) is 2.02. The zero-order valence-corrected chi connectivity index (χ0v) is 12.2. The van der Waals surface area contributed by atoms with E-state index >= 15 is 0 Å². The summed E-state index contributed by atoms with van der Waals surface area (Å²) in [5.74, 6) is 1.45. The van der Waals surface area contributed by atoms with E-state index < -0.39 is 0 Å². The van der Waals surface area contributed by atoms with Crippen LogP contribution in [0.5, 0.6) is 0 Å². The molecule has 5 nitrogen and oxygen atoms in total. The summed E-state index contributed by atoms with van der Waals surface area (Å²) in [6.07, 6.45) is 0.872. The lowest BCUT2D eigenvalue weighted by atomic mass is 10.1. The van der Waals surface area contributed by atoms with Crippen LogP contribution in [0.1, 0.15) is 24.5 Å². The lowest BCUT2D eigenvalue weighted by Gasteiger charge is -2.46. The van der Waals surface area contributed by atoms with E-state index in [0.29, 0.717) is 11.9 Å². The number of rotatable bonds is 2. The number of hydrogen-bond donors (Lipinski definition) is 1. The number of aryl methyl sites for hydroxylation is 1. The molecule has 0 saturated carbocycles. The van der Waals surface area contributed by atoms with Gasteiger partial charge in [-0.15, -0.1) is 0 Å². The molecule has 18 heavy (non-hydrogen) atoms. The number of nitrogen functional groups attached to an aromatic ring is 1. The molecule has 4 heterocycles. The molecule has 3 saturated heterocycles. The second-order valence-corrected chi connectivity index (χ2v) is 5.73. The number of piperazine rings is 3. The van der Waals surface area contributed by atoms with Crippen molar-refractivity contribution in [3.05, 3.63) is 16.0 Å². The van der Waals surface area contributed by atoms with Gasteiger partial charge >= 0.3 is 0 Å². The van der Waals surface area contributed by atoms with E-state index in [9.17, 15) is 0 Å². The van der Waals surface area contributed by atoms with Crippen LogP contribution in [0, 0.1) is 0 Å². The van der Waals surface area contributed by atoms with Gasteiger partial charge in [-0.1, -0.05) is 6.92 Å². The van der Waals surface area contributed by atoms with Gasteiger partial charge < -0.3 is 5.73 Å². The van der Waals surface area contributed by atoms with E-state index in [1.54, 1.807) is 0 Å². The first-order chi connectivity index (χ1) is 8.69. The van der Waals surface area contributed by atoms with Gasteiger partial charge in [0.15, 0.2) is 0 Å². The van der Waals surface area contributed by atoms with E-state index in [1.165, 1.54) is 13.1 Å². The number of nitrogens with zero attached hydrogens (tertiary/aromatic N) is 4. The van der Waals surface area contributed by atoms with E-state index in [-0.39, 0.29) is 0 Å². The summed E-state index contributed by atoms with van der Waals surface area (Å²) in [6, 6.07) is 0.313. The van der Waals surface area contributed by atoms with Crippen LogP contribution < -0.4 is 5.73 Å². The fourth-order valence-electron chi connectivity index (χ4n) is 2.78. The quantitative estimate of drug-likeness (QED) is 0.885. The van der Waals surface area contributed by atoms with Crippen molar-refractivity contribution >= 4 is 21.7 Å². The molecule has 0 spiro atoms. The van der Waals surface area contributed by atoms with Gasteiger partial charge in [0.25, 0.3) is 0 Å². The van der Waals surface area contributed by atoms with E-state index in [0.717, 1.165) is 42.0 Å². The maximum absolute atomic E-state index is 5.97. The highest BCUT2D eigenvalue weighted by molar-refractivity contribution is 9.10. The van der Waals surface area contributed by atoms with Crippen LogP contribution in [-0.4, -0.2) is 52.5 Å². The topological polar surface area (TPSA) is 58.3 Å². The number of anilines is 1. The zero-order chi connectivity index (χ0) is 12.7. The van der Waals surface area contributed by atoms with Crippen molar-refractivity contribution in [2.75, 3.05) is 38.5 Å². The van der Waals surface area contributed by atoms with Crippen LogP contribution in [0.3, 0.4) is 0 Å². The second kappa shape index (κ2) is 4.75. The number of halogens is 1. The van der Waals surface area contributed by atoms with Gasteiger partial charge in [0.2, 0.25) is 0 Å². The Bertz CT molecular complexity index is 456. The molecule has 0 aromatic carbocycles. The van der Waals surface area contributed by atoms with Gasteiger partial charge in [0, 0.05) is 32.7 Å². The molecular weight excluding hydrogens is 294 g/mol. The van der Waals surface area contributed by atoms with Gasteiger partial charge in [-0.05, 0) is 22.4 Å². The van der Waals surface area contributed by atoms with Crippen LogP contribution >= 0.6 is 15.9 Å². The van der Waals surface area contributed by atoms with Gasteiger partial charge in [0.1, 0.15) is 11.6 Å². The molecule has 3 aliphatic heterocycles. The van der Waals surface area contributed by atoms with E-state index in [1.807, 2.05) is 0 Å². The monoisotopic (exact) mass is 311 g/mol. The second-order valence-electron chi connectivity index (χ2n) is 4.93. The first-order valence-corrected chi connectivity index (χ1v) is 7.26. The number of hydrogen-bond acceptors (Lipinski definition) is 5. The Morgan fingerprint density at radius 3 is 2.56 bits per heavy atom. The predicted octanol–water partition coefficient (Wildman–Crippen LogP) is 1.06. The summed E-state index contributed by atoms with van der Waals surface area (Å²) in [7, 11) is 0. The van der Waals surface area contributed by atoms with Crippen molar-refractivity contribution in [1.82, 2.24) is 19.8 Å². The third-order valence-electron chi connectivity index (χ3n) is 3.87. The van der Waals surface area contributed by atoms with E-state index in [4.69, 9.17) is 5.73 Å². The summed E-state index contributed by atoms with van der Waals surface area (Å²) in [5, 5.41) is 0. The molecule has 4 rings (SSSR count). The average molecular weight is 312 g/mol. The lowest BCUT2D eigenvalue weighted by molar-refractivity contribution is 0.00861. The van der Waals surface area contributed by atoms with Crippen LogP contribution in [0.4, 0.5) is 5.82 Å². The summed E-state index contributed by atoms with van der Waals surface area (Å²) in [5.41, 5.74) is 6.98. The molecule has 1 aromatic heterocycles. The fourth-order valence-corrected chi connectivity index (χ4v) is 3.24. The standard InChI is InChI=1S/C12H18BrN5/c1-2-8-10(13)11(14)16-12(15-8)9-7-17-3-5-18(9)6-4-17/h9H,2-7H2,1H3,(H2,14,15,16). The normalized spacial score (nSPS) is 30.7. The first-order valence-electron chi connectivity index (χ1n) is 6.47. The Morgan fingerprint density at radius 2 is 2.00 bits per heavy atom. The highest BCUT2D eigenvalue weighted by Gasteiger charge is 2.34. The summed E-state index contributed by atoms with van der Waals surface area (Å²) in [4.78, 5) is 14.1. The number of aromatic nitrogens is 2. The minimum absolute atomic E-state index is 0.313. The van der Waals surface area contributed by atoms with Crippen molar-refractivity contribution in [3.8, 4) is 0 Å². The van der Waals surface area contributed by atoms with Crippen molar-refractivity contribution in [1.29, 1.82) is 0 Å². The largest absolute Gasteiger partial charge is 0.383 e. The maximum atomic E-state index is 5.97. The van der Waals surface area contributed by atoms with Crippen LogP contribution in [-0.2, 0) is 6.42 Å². The molecule has 2 bridgehead atoms. The average Bonchev–Trinajstić information content (AvgIpc) is 2.43. The van der Waals surface area contributed by atoms with Crippen molar-refractivity contribution in [3.63, 3.8) is 0 Å². The Hall–Kier alpha value is -0.720. The Balaban J connectivity index is 1.94. The predicted molar refractivity (Wildman–Crippen MR) is 74.3 cm³/mol. The minimum Gasteiger partial charge on any atom is -0.383 e. The SMILES string of the molecule is CCc1nc(C2CN3CCN2CC3)nc(N)c1Br. The van der Waals surface area contributed by atoms with Crippen molar-refractivity contribution in [2.45, 2.75) is 19.4 Å². The van der Waals surface area contributed by atoms with Gasteiger partial charge in [-0.2, -0.15) is 0 Å². The minimum atomic E-state index is 0.313. The van der Waals surface area contributed by atoms with Gasteiger partial charge in [0.05, 0.1) is 16.2 Å². The van der Waals surface area contributed by atoms with Crippen molar-refractivity contribution in [2.24, 2.45) is 0 Å². The molecule has 6 heteroatoms. The van der Waals surface area contributed by atoms with Crippen LogP contribution in [0.2, 0.25) is 0 Å². The molecule has 0 amide bonds. The highest BCUT2D eigenvalue weighted by atomic mass is 79.9. The van der Waals surface area contributed by atoms with Crippen LogP contribution in [0.15, 0.2) is 4.47 Å². The van der Waals surface area contributed by atoms with Crippen LogP contribution in [0.25, 0.3) is 0 Å². The molecule has 2 N–H and O–H groups in total. The molecule has 0 aliphatic carbocycles. The number of fused-ring (bicyclic) bond motifs is 3. The molecule has 1 aromatic rings. The first kappa shape index (κ1) is 12.3. The Morgan fingerprint density at radius 1 is 1.28 bits per heavy atom. The molecule has 3 aliphatic rings. The summed E-state index contributed by atoms with van der Waals surface area (Å²) >= 11 is 3.47. The maximum Gasteiger partial charge on any atom is 0.149 e. The zero-order valence-electron chi connectivity index (χ0n) is 10.6. The number of nitrogens with two attached hydrogens (primary N) is 1. The Kier molecular flexibility index (Phi) is 3.25. The fraction of sp³-hybridized carbons (Fsp3) is 0.667.